The lowest BCUT2D eigenvalue weighted by Crippen LogP contribution is -1.88. The molecule has 0 aliphatic rings. The first kappa shape index (κ1) is 11.7. The minimum absolute atomic E-state index is 0.357. The molecule has 5 nitrogen and oxygen atoms in total. The summed E-state index contributed by atoms with van der Waals surface area (Å²) in [5, 5.41) is 5.75. The minimum Gasteiger partial charge on any atom is -0.496 e. The molecular weight excluding hydrogens is 262 g/mol. The Hall–Kier alpha value is -2.34. The van der Waals surface area contributed by atoms with Gasteiger partial charge >= 0.3 is 0 Å². The van der Waals surface area contributed by atoms with Gasteiger partial charge in [0.05, 0.1) is 17.6 Å². The Kier molecular flexibility index (Phi) is 2.92. The molecule has 0 aliphatic heterocycles. The summed E-state index contributed by atoms with van der Waals surface area (Å²) in [6.45, 7) is 0. The van der Waals surface area contributed by atoms with E-state index in [1.165, 1.54) is 11.3 Å². The molecule has 3 heterocycles. The predicted octanol–water partition coefficient (Wildman–Crippen LogP) is 3.06. The fraction of sp³-hybridized carbons (Fsp3) is 0.0769. The number of pyridine rings is 1. The molecule has 0 spiro atoms. The molecule has 0 fully saturated rings. The standard InChI is InChI=1S/C13H11N3O2S/c1-17-9-5-10(19-7-9)12-11(13(14)16-18-12)8-3-2-4-15-6-8/h2-7H,1H3,(H2,14,16). The topological polar surface area (TPSA) is 74.2 Å². The van der Waals surface area contributed by atoms with Crippen LogP contribution in [-0.2, 0) is 0 Å². The number of ether oxygens (including phenoxy) is 1. The lowest BCUT2D eigenvalue weighted by molar-refractivity contribution is 0.416. The summed E-state index contributed by atoms with van der Waals surface area (Å²) in [5.74, 6) is 1.78. The third-order valence-electron chi connectivity index (χ3n) is 2.70. The van der Waals surface area contributed by atoms with Crippen molar-refractivity contribution in [2.24, 2.45) is 0 Å². The van der Waals surface area contributed by atoms with E-state index in [-0.39, 0.29) is 0 Å². The van der Waals surface area contributed by atoms with E-state index >= 15 is 0 Å². The second-order valence-corrected chi connectivity index (χ2v) is 4.78. The maximum Gasteiger partial charge on any atom is 0.187 e. The lowest BCUT2D eigenvalue weighted by atomic mass is 10.1. The number of anilines is 1. The van der Waals surface area contributed by atoms with Gasteiger partial charge in [0, 0.05) is 29.4 Å². The van der Waals surface area contributed by atoms with Gasteiger partial charge in [0.2, 0.25) is 0 Å². The van der Waals surface area contributed by atoms with Gasteiger partial charge in [-0.3, -0.25) is 4.98 Å². The Bertz CT molecular complexity index is 691. The fourth-order valence-electron chi connectivity index (χ4n) is 1.81. The molecule has 0 amide bonds. The Morgan fingerprint density at radius 2 is 2.32 bits per heavy atom. The monoisotopic (exact) mass is 273 g/mol. The van der Waals surface area contributed by atoms with Crippen LogP contribution in [0.25, 0.3) is 21.8 Å². The molecule has 0 aliphatic carbocycles. The maximum atomic E-state index is 5.89. The third kappa shape index (κ3) is 2.06. The summed E-state index contributed by atoms with van der Waals surface area (Å²) in [4.78, 5) is 5.01. The van der Waals surface area contributed by atoms with E-state index in [4.69, 9.17) is 15.0 Å². The van der Waals surface area contributed by atoms with Crippen LogP contribution >= 0.6 is 11.3 Å². The van der Waals surface area contributed by atoms with Gasteiger partial charge in [0.15, 0.2) is 11.6 Å². The van der Waals surface area contributed by atoms with Crippen molar-refractivity contribution in [3.05, 3.63) is 36.0 Å². The summed E-state index contributed by atoms with van der Waals surface area (Å²) in [6, 6.07) is 5.66. The maximum absolute atomic E-state index is 5.89. The number of nitrogen functional groups attached to an aromatic ring is 1. The summed E-state index contributed by atoms with van der Waals surface area (Å²) < 4.78 is 10.5. The first-order valence-corrected chi connectivity index (χ1v) is 6.46. The van der Waals surface area contributed by atoms with Crippen molar-refractivity contribution in [1.82, 2.24) is 10.1 Å². The Morgan fingerprint density at radius 3 is 3.00 bits per heavy atom. The van der Waals surface area contributed by atoms with Crippen LogP contribution in [0.4, 0.5) is 5.82 Å². The molecule has 0 bridgehead atoms. The van der Waals surface area contributed by atoms with Gasteiger partial charge in [0.25, 0.3) is 0 Å². The Morgan fingerprint density at radius 1 is 1.42 bits per heavy atom. The van der Waals surface area contributed by atoms with Gasteiger partial charge in [-0.25, -0.2) is 0 Å². The van der Waals surface area contributed by atoms with E-state index in [2.05, 4.69) is 10.1 Å². The number of thiophene rings is 1. The van der Waals surface area contributed by atoms with Gasteiger partial charge in [-0.1, -0.05) is 11.2 Å². The quantitative estimate of drug-likeness (QED) is 0.793. The molecule has 6 heteroatoms. The minimum atomic E-state index is 0.357. The van der Waals surface area contributed by atoms with Crippen LogP contribution in [0, 0.1) is 0 Å². The van der Waals surface area contributed by atoms with E-state index in [0.717, 1.165) is 21.8 Å². The number of methoxy groups -OCH3 is 1. The zero-order valence-electron chi connectivity index (χ0n) is 10.2. The van der Waals surface area contributed by atoms with Crippen molar-refractivity contribution in [3.63, 3.8) is 0 Å². The Balaban J connectivity index is 2.13. The smallest absolute Gasteiger partial charge is 0.187 e. The highest BCUT2D eigenvalue weighted by Gasteiger charge is 2.19. The van der Waals surface area contributed by atoms with E-state index in [9.17, 15) is 0 Å². The molecular formula is C13H11N3O2S. The molecule has 0 unspecified atom stereocenters. The van der Waals surface area contributed by atoms with Crippen LogP contribution < -0.4 is 10.5 Å². The third-order valence-corrected chi connectivity index (χ3v) is 3.61. The van der Waals surface area contributed by atoms with Crippen LogP contribution in [-0.4, -0.2) is 17.3 Å². The predicted molar refractivity (Wildman–Crippen MR) is 74.0 cm³/mol. The van der Waals surface area contributed by atoms with E-state index in [0.29, 0.717) is 11.6 Å². The summed E-state index contributed by atoms with van der Waals surface area (Å²) >= 11 is 1.51. The fourth-order valence-corrected chi connectivity index (χ4v) is 2.64. The van der Waals surface area contributed by atoms with Gasteiger partial charge in [-0.05, 0) is 6.07 Å². The number of hydrogen-bond donors (Lipinski definition) is 1. The van der Waals surface area contributed by atoms with Crippen molar-refractivity contribution in [1.29, 1.82) is 0 Å². The molecule has 3 rings (SSSR count). The molecule has 3 aromatic rings. The Labute approximate surface area is 113 Å². The highest BCUT2D eigenvalue weighted by molar-refractivity contribution is 7.13. The average molecular weight is 273 g/mol. The second kappa shape index (κ2) is 4.74. The van der Waals surface area contributed by atoms with Crippen molar-refractivity contribution >= 4 is 17.2 Å². The number of nitrogens with two attached hydrogens (primary N) is 1. The zero-order chi connectivity index (χ0) is 13.2. The van der Waals surface area contributed by atoms with Crippen LogP contribution in [0.3, 0.4) is 0 Å². The van der Waals surface area contributed by atoms with Gasteiger partial charge in [-0.15, -0.1) is 11.3 Å². The van der Waals surface area contributed by atoms with Gasteiger partial charge in [0.1, 0.15) is 5.75 Å². The summed E-state index contributed by atoms with van der Waals surface area (Å²) in [5.41, 5.74) is 7.53. The highest BCUT2D eigenvalue weighted by Crippen LogP contribution is 2.40. The molecule has 2 N–H and O–H groups in total. The van der Waals surface area contributed by atoms with E-state index < -0.39 is 0 Å². The van der Waals surface area contributed by atoms with Crippen molar-refractivity contribution in [2.75, 3.05) is 12.8 Å². The highest BCUT2D eigenvalue weighted by atomic mass is 32.1. The number of rotatable bonds is 3. The lowest BCUT2D eigenvalue weighted by Gasteiger charge is -1.99. The summed E-state index contributed by atoms with van der Waals surface area (Å²) in [7, 11) is 1.63. The summed E-state index contributed by atoms with van der Waals surface area (Å²) in [6.07, 6.45) is 3.44. The second-order valence-electron chi connectivity index (χ2n) is 3.86. The van der Waals surface area contributed by atoms with Crippen LogP contribution in [0.1, 0.15) is 0 Å². The SMILES string of the molecule is COc1csc(-c2onc(N)c2-c2cccnc2)c1. The molecule has 3 aromatic heterocycles. The average Bonchev–Trinajstić information content (AvgIpc) is 3.05. The van der Waals surface area contributed by atoms with Crippen molar-refractivity contribution < 1.29 is 9.26 Å². The van der Waals surface area contributed by atoms with E-state index in [1.807, 2.05) is 23.6 Å². The largest absolute Gasteiger partial charge is 0.496 e. The number of aromatic nitrogens is 2. The molecule has 96 valence electrons. The first-order chi connectivity index (χ1) is 9.29. The molecule has 0 aromatic carbocycles. The van der Waals surface area contributed by atoms with Gasteiger partial charge < -0.3 is 15.0 Å². The van der Waals surface area contributed by atoms with Gasteiger partial charge in [-0.2, -0.15) is 0 Å². The molecule has 0 saturated carbocycles. The van der Waals surface area contributed by atoms with Crippen LogP contribution in [0.5, 0.6) is 5.75 Å². The molecule has 0 saturated heterocycles. The number of nitrogens with zero attached hydrogens (tertiary/aromatic N) is 2. The molecule has 0 atom stereocenters. The first-order valence-electron chi connectivity index (χ1n) is 5.58. The van der Waals surface area contributed by atoms with Crippen LogP contribution in [0.2, 0.25) is 0 Å². The normalized spacial score (nSPS) is 10.6. The molecule has 0 radical (unpaired) electrons. The van der Waals surface area contributed by atoms with Crippen molar-refractivity contribution in [2.45, 2.75) is 0 Å². The zero-order valence-corrected chi connectivity index (χ0v) is 11.0. The molecule has 19 heavy (non-hydrogen) atoms. The number of hydrogen-bond acceptors (Lipinski definition) is 6. The van der Waals surface area contributed by atoms with E-state index in [1.54, 1.807) is 19.5 Å². The van der Waals surface area contributed by atoms with Crippen LogP contribution in [0.15, 0.2) is 40.5 Å². The van der Waals surface area contributed by atoms with Crippen molar-refractivity contribution in [3.8, 4) is 27.5 Å².